The van der Waals surface area contributed by atoms with Crippen LogP contribution in [0, 0.1) is 12.7 Å². The van der Waals surface area contributed by atoms with E-state index in [1.54, 1.807) is 6.92 Å². The average Bonchev–Trinajstić information content (AvgIpc) is 2.66. The second kappa shape index (κ2) is 4.43. The van der Waals surface area contributed by atoms with Gasteiger partial charge in [-0.2, -0.15) is 4.31 Å². The minimum atomic E-state index is -3.74. The summed E-state index contributed by atoms with van der Waals surface area (Å²) >= 11 is 0. The summed E-state index contributed by atoms with van der Waals surface area (Å²) in [4.78, 5) is -0.0402. The van der Waals surface area contributed by atoms with Crippen molar-refractivity contribution in [1.29, 1.82) is 0 Å². The molecule has 2 rings (SSSR count). The molecule has 0 spiro atoms. The third-order valence-corrected chi connectivity index (χ3v) is 5.13. The lowest BCUT2D eigenvalue weighted by Crippen LogP contribution is -2.34. The fourth-order valence-corrected chi connectivity index (χ4v) is 3.85. The summed E-state index contributed by atoms with van der Waals surface area (Å²) in [6, 6.07) is 2.37. The molecule has 1 aromatic rings. The summed E-state index contributed by atoms with van der Waals surface area (Å²) in [5.74, 6) is -0.604. The van der Waals surface area contributed by atoms with Gasteiger partial charge in [0.25, 0.3) is 0 Å². The number of nitrogen functional groups attached to an aromatic ring is 1. The number of hydrogen-bond donors (Lipinski definition) is 2. The maximum atomic E-state index is 13.4. The van der Waals surface area contributed by atoms with Crippen molar-refractivity contribution in [3.63, 3.8) is 0 Å². The van der Waals surface area contributed by atoms with Crippen LogP contribution in [0.25, 0.3) is 0 Å². The van der Waals surface area contributed by atoms with Crippen molar-refractivity contribution in [2.24, 2.45) is 0 Å². The molecule has 0 amide bonds. The van der Waals surface area contributed by atoms with Gasteiger partial charge in [-0.25, -0.2) is 12.8 Å². The quantitative estimate of drug-likeness (QED) is 0.791. The van der Waals surface area contributed by atoms with Gasteiger partial charge in [0.1, 0.15) is 5.82 Å². The van der Waals surface area contributed by atoms with E-state index in [4.69, 9.17) is 5.73 Å². The number of nitrogens with two attached hydrogens (primary N) is 1. The Hall–Kier alpha value is -1.18. The van der Waals surface area contributed by atoms with Crippen LogP contribution in [-0.4, -0.2) is 36.5 Å². The van der Waals surface area contributed by atoms with E-state index in [2.05, 4.69) is 0 Å². The Morgan fingerprint density at radius 1 is 1.47 bits per heavy atom. The number of nitrogens with zero attached hydrogens (tertiary/aromatic N) is 1. The van der Waals surface area contributed by atoms with Crippen LogP contribution in [0.5, 0.6) is 0 Å². The number of anilines is 1. The highest BCUT2D eigenvalue weighted by Gasteiger charge is 2.38. The van der Waals surface area contributed by atoms with Crippen molar-refractivity contribution >= 4 is 15.7 Å². The monoisotopic (exact) mass is 288 g/mol. The molecule has 106 valence electrons. The third kappa shape index (κ3) is 2.58. The molecule has 1 aliphatic heterocycles. The van der Waals surface area contributed by atoms with Gasteiger partial charge in [0.05, 0.1) is 16.2 Å². The zero-order chi connectivity index (χ0) is 14.4. The molecule has 0 radical (unpaired) electrons. The summed E-state index contributed by atoms with van der Waals surface area (Å²) in [6.45, 7) is 3.33. The highest BCUT2D eigenvalue weighted by atomic mass is 32.2. The van der Waals surface area contributed by atoms with Crippen molar-refractivity contribution in [3.8, 4) is 0 Å². The number of β-amino-alcohol motifs (C(OH)–C–C–N with tert-alkyl or cyclic N) is 1. The smallest absolute Gasteiger partial charge is 0.243 e. The molecule has 7 heteroatoms. The zero-order valence-electron chi connectivity index (χ0n) is 10.9. The van der Waals surface area contributed by atoms with Crippen molar-refractivity contribution in [2.75, 3.05) is 18.8 Å². The predicted octanol–water partition coefficient (Wildman–Crippen LogP) is 0.862. The van der Waals surface area contributed by atoms with Crippen LogP contribution < -0.4 is 5.73 Å². The first-order chi connectivity index (χ1) is 8.63. The van der Waals surface area contributed by atoms with Gasteiger partial charge in [-0.15, -0.1) is 0 Å². The van der Waals surface area contributed by atoms with Crippen LogP contribution in [0.1, 0.15) is 18.9 Å². The third-order valence-electron chi connectivity index (χ3n) is 3.31. The van der Waals surface area contributed by atoms with Crippen molar-refractivity contribution in [2.45, 2.75) is 30.8 Å². The van der Waals surface area contributed by atoms with Gasteiger partial charge < -0.3 is 10.8 Å². The molecule has 0 aliphatic carbocycles. The van der Waals surface area contributed by atoms with Crippen molar-refractivity contribution < 1.29 is 17.9 Å². The number of aliphatic hydroxyl groups is 1. The fraction of sp³-hybridized carbons (Fsp3) is 0.500. The van der Waals surface area contributed by atoms with Crippen LogP contribution in [0.15, 0.2) is 17.0 Å². The molecule has 19 heavy (non-hydrogen) atoms. The van der Waals surface area contributed by atoms with E-state index in [0.29, 0.717) is 6.42 Å². The molecule has 1 fully saturated rings. The van der Waals surface area contributed by atoms with E-state index < -0.39 is 21.4 Å². The van der Waals surface area contributed by atoms with Gasteiger partial charge >= 0.3 is 0 Å². The normalized spacial score (nSPS) is 24.8. The Labute approximate surface area is 111 Å². The van der Waals surface area contributed by atoms with Crippen LogP contribution in [-0.2, 0) is 10.0 Å². The Bertz CT molecular complexity index is 590. The summed E-state index contributed by atoms with van der Waals surface area (Å²) in [5, 5.41) is 9.84. The van der Waals surface area contributed by atoms with E-state index in [1.165, 1.54) is 17.3 Å². The molecular weight excluding hydrogens is 271 g/mol. The topological polar surface area (TPSA) is 83.6 Å². The second-order valence-corrected chi connectivity index (χ2v) is 7.17. The largest absolute Gasteiger partial charge is 0.396 e. The first-order valence-corrected chi connectivity index (χ1v) is 7.36. The Morgan fingerprint density at radius 3 is 2.58 bits per heavy atom. The van der Waals surface area contributed by atoms with E-state index in [-0.39, 0.29) is 29.2 Å². The van der Waals surface area contributed by atoms with Crippen molar-refractivity contribution in [3.05, 3.63) is 23.5 Å². The predicted molar refractivity (Wildman–Crippen MR) is 69.5 cm³/mol. The summed E-state index contributed by atoms with van der Waals surface area (Å²) in [6.07, 6.45) is 0.377. The lowest BCUT2D eigenvalue weighted by molar-refractivity contribution is 0.0762. The molecule has 0 saturated carbocycles. The van der Waals surface area contributed by atoms with Gasteiger partial charge in [-0.1, -0.05) is 0 Å². The minimum Gasteiger partial charge on any atom is -0.396 e. The lowest BCUT2D eigenvalue weighted by Gasteiger charge is -2.19. The van der Waals surface area contributed by atoms with Crippen LogP contribution in [0.3, 0.4) is 0 Å². The fourth-order valence-electron chi connectivity index (χ4n) is 2.17. The molecule has 0 bridgehead atoms. The Kier molecular flexibility index (Phi) is 3.32. The first-order valence-electron chi connectivity index (χ1n) is 5.92. The highest BCUT2D eigenvalue weighted by molar-refractivity contribution is 7.89. The van der Waals surface area contributed by atoms with Gasteiger partial charge in [0.15, 0.2) is 0 Å². The standard InChI is InChI=1S/C12H17FN2O3S/c1-8-5-9(6-10(14)11(8)13)19(17,18)15-4-3-12(2,16)7-15/h5-6,16H,3-4,7,14H2,1-2H3. The first kappa shape index (κ1) is 14.2. The van der Waals surface area contributed by atoms with E-state index in [1.807, 2.05) is 0 Å². The SMILES string of the molecule is Cc1cc(S(=O)(=O)N2CCC(C)(O)C2)cc(N)c1F. The van der Waals surface area contributed by atoms with Gasteiger partial charge in [-0.3, -0.25) is 0 Å². The minimum absolute atomic E-state index is 0.0334. The number of benzene rings is 1. The van der Waals surface area contributed by atoms with E-state index in [0.717, 1.165) is 6.07 Å². The number of sulfonamides is 1. The summed E-state index contributed by atoms with van der Waals surface area (Å²) < 4.78 is 39.4. The molecule has 1 heterocycles. The van der Waals surface area contributed by atoms with Gasteiger partial charge in [-0.05, 0) is 38.0 Å². The molecule has 1 unspecified atom stereocenters. The second-order valence-electron chi connectivity index (χ2n) is 5.23. The van der Waals surface area contributed by atoms with Gasteiger partial charge in [0, 0.05) is 13.1 Å². The maximum Gasteiger partial charge on any atom is 0.243 e. The molecule has 1 aliphatic rings. The average molecular weight is 288 g/mol. The molecule has 1 saturated heterocycles. The van der Waals surface area contributed by atoms with Gasteiger partial charge in [0.2, 0.25) is 10.0 Å². The summed E-state index contributed by atoms with van der Waals surface area (Å²) in [5.41, 5.74) is 4.44. The molecule has 5 nitrogen and oxygen atoms in total. The number of halogens is 1. The van der Waals surface area contributed by atoms with Crippen LogP contribution in [0.4, 0.5) is 10.1 Å². The zero-order valence-corrected chi connectivity index (χ0v) is 11.7. The van der Waals surface area contributed by atoms with Crippen LogP contribution >= 0.6 is 0 Å². The molecular formula is C12H17FN2O3S. The molecule has 3 N–H and O–H groups in total. The Morgan fingerprint density at radius 2 is 2.11 bits per heavy atom. The highest BCUT2D eigenvalue weighted by Crippen LogP contribution is 2.29. The van der Waals surface area contributed by atoms with E-state index in [9.17, 15) is 17.9 Å². The molecule has 1 atom stereocenters. The lowest BCUT2D eigenvalue weighted by atomic mass is 10.1. The van der Waals surface area contributed by atoms with Crippen molar-refractivity contribution in [1.82, 2.24) is 4.31 Å². The number of hydrogen-bond acceptors (Lipinski definition) is 4. The number of rotatable bonds is 2. The van der Waals surface area contributed by atoms with E-state index >= 15 is 0 Å². The number of aryl methyl sites for hydroxylation is 1. The molecule has 0 aromatic heterocycles. The molecule has 1 aromatic carbocycles. The summed E-state index contributed by atoms with van der Waals surface area (Å²) in [7, 11) is -3.74. The maximum absolute atomic E-state index is 13.4. The van der Waals surface area contributed by atoms with Crippen LogP contribution in [0.2, 0.25) is 0 Å². The Balaban J connectivity index is 2.41.